The molecule has 0 nitrogen and oxygen atoms in total. The van der Waals surface area contributed by atoms with Crippen LogP contribution >= 0.6 is 0 Å². The first-order chi connectivity index (χ1) is 7.43. The molecule has 0 amide bonds. The first kappa shape index (κ1) is 12.3. The van der Waals surface area contributed by atoms with Gasteiger partial charge in [0.1, 0.15) is 0 Å². The van der Waals surface area contributed by atoms with Crippen LogP contribution in [0.2, 0.25) is 0 Å². The number of allylic oxidation sites excluding steroid dienone is 6. The molecule has 0 spiro atoms. The van der Waals surface area contributed by atoms with Crippen LogP contribution in [0.5, 0.6) is 0 Å². The third-order valence-electron chi connectivity index (χ3n) is 2.86. The Hall–Kier alpha value is -0.780. The molecule has 1 aliphatic carbocycles. The van der Waals surface area contributed by atoms with E-state index in [2.05, 4.69) is 37.3 Å². The molecular weight excluding hydrogens is 180 g/mol. The predicted octanol–water partition coefficient (Wildman–Crippen LogP) is 5.18. The van der Waals surface area contributed by atoms with Crippen molar-refractivity contribution in [3.8, 4) is 0 Å². The van der Waals surface area contributed by atoms with E-state index in [-0.39, 0.29) is 0 Å². The fourth-order valence-corrected chi connectivity index (χ4v) is 1.86. The van der Waals surface area contributed by atoms with Gasteiger partial charge in [-0.2, -0.15) is 0 Å². The summed E-state index contributed by atoms with van der Waals surface area (Å²) >= 11 is 0. The predicted molar refractivity (Wildman–Crippen MR) is 69.0 cm³/mol. The van der Waals surface area contributed by atoms with Crippen LogP contribution in [0.3, 0.4) is 0 Å². The molecule has 0 radical (unpaired) electrons. The van der Waals surface area contributed by atoms with Gasteiger partial charge in [0.2, 0.25) is 0 Å². The van der Waals surface area contributed by atoms with Gasteiger partial charge in [-0.3, -0.25) is 0 Å². The van der Waals surface area contributed by atoms with Gasteiger partial charge in [-0.05, 0) is 24.8 Å². The second-order valence-electron chi connectivity index (χ2n) is 4.33. The first-order valence-corrected chi connectivity index (χ1v) is 6.45. The van der Waals surface area contributed by atoms with Crippen molar-refractivity contribution in [1.82, 2.24) is 0 Å². The number of rotatable bonds is 8. The maximum absolute atomic E-state index is 2.33. The van der Waals surface area contributed by atoms with Gasteiger partial charge in [-0.15, -0.1) is 0 Å². The van der Waals surface area contributed by atoms with Crippen molar-refractivity contribution in [3.63, 3.8) is 0 Å². The highest BCUT2D eigenvalue weighted by atomic mass is 14.0. The molecule has 0 atom stereocenters. The van der Waals surface area contributed by atoms with Crippen molar-refractivity contribution in [2.45, 2.75) is 58.3 Å². The summed E-state index contributed by atoms with van der Waals surface area (Å²) in [5, 5.41) is 0. The molecule has 0 heteroatoms. The topological polar surface area (TPSA) is 0 Å². The zero-order valence-corrected chi connectivity index (χ0v) is 10.0. The van der Waals surface area contributed by atoms with Crippen LogP contribution in [-0.2, 0) is 0 Å². The number of unbranched alkanes of at least 4 members (excludes halogenated alkanes) is 6. The normalized spacial score (nSPS) is 15.1. The quantitative estimate of drug-likeness (QED) is 0.478. The lowest BCUT2D eigenvalue weighted by atomic mass is 10.1. The van der Waals surface area contributed by atoms with E-state index < -0.39 is 0 Å². The molecule has 0 bridgehead atoms. The lowest BCUT2D eigenvalue weighted by Crippen LogP contribution is -1.78. The average molecular weight is 204 g/mol. The Morgan fingerprint density at radius 2 is 1.93 bits per heavy atom. The van der Waals surface area contributed by atoms with Crippen LogP contribution in [0.25, 0.3) is 0 Å². The SMILES string of the molecule is CCCCCCCC/C=C/C1=CC=CC1. The van der Waals surface area contributed by atoms with Crippen molar-refractivity contribution >= 4 is 0 Å². The molecule has 0 fully saturated rings. The largest absolute Gasteiger partial charge is 0.0843 e. The molecular formula is C15H24. The molecule has 15 heavy (non-hydrogen) atoms. The third kappa shape index (κ3) is 6.33. The molecule has 0 unspecified atom stereocenters. The standard InChI is InChI=1S/C15H24/c1-2-3-4-5-6-7-8-9-12-15-13-10-11-14-15/h9-13H,2-8,14H2,1H3/b12-9+. The maximum Gasteiger partial charge on any atom is -0.00944 e. The second kappa shape index (κ2) is 8.52. The van der Waals surface area contributed by atoms with E-state index >= 15 is 0 Å². The first-order valence-electron chi connectivity index (χ1n) is 6.45. The van der Waals surface area contributed by atoms with E-state index in [9.17, 15) is 0 Å². The van der Waals surface area contributed by atoms with Gasteiger partial charge in [0.05, 0.1) is 0 Å². The Bertz CT molecular complexity index is 230. The molecule has 84 valence electrons. The van der Waals surface area contributed by atoms with Gasteiger partial charge >= 0.3 is 0 Å². The molecule has 0 heterocycles. The van der Waals surface area contributed by atoms with Crippen molar-refractivity contribution in [3.05, 3.63) is 36.0 Å². The molecule has 1 rings (SSSR count). The molecule has 0 aliphatic heterocycles. The summed E-state index contributed by atoms with van der Waals surface area (Å²) in [6.45, 7) is 2.27. The van der Waals surface area contributed by atoms with Crippen molar-refractivity contribution in [2.24, 2.45) is 0 Å². The van der Waals surface area contributed by atoms with Crippen LogP contribution in [0, 0.1) is 0 Å². The van der Waals surface area contributed by atoms with Crippen LogP contribution < -0.4 is 0 Å². The summed E-state index contributed by atoms with van der Waals surface area (Å²) in [5.74, 6) is 0. The molecule has 1 aliphatic rings. The van der Waals surface area contributed by atoms with Crippen LogP contribution in [0.4, 0.5) is 0 Å². The highest BCUT2D eigenvalue weighted by Gasteiger charge is 1.92. The van der Waals surface area contributed by atoms with Gasteiger partial charge in [0.25, 0.3) is 0 Å². The van der Waals surface area contributed by atoms with Gasteiger partial charge < -0.3 is 0 Å². The summed E-state index contributed by atoms with van der Waals surface area (Å²) in [4.78, 5) is 0. The minimum atomic E-state index is 1.13. The van der Waals surface area contributed by atoms with E-state index in [1.807, 2.05) is 0 Å². The molecule has 0 aromatic heterocycles. The fraction of sp³-hybridized carbons (Fsp3) is 0.600. The summed E-state index contributed by atoms with van der Waals surface area (Å²) < 4.78 is 0. The van der Waals surface area contributed by atoms with E-state index in [0.29, 0.717) is 0 Å². The summed E-state index contributed by atoms with van der Waals surface area (Å²) in [7, 11) is 0. The minimum absolute atomic E-state index is 1.13. The summed E-state index contributed by atoms with van der Waals surface area (Å²) in [6, 6.07) is 0. The maximum atomic E-state index is 2.33. The van der Waals surface area contributed by atoms with Gasteiger partial charge in [-0.1, -0.05) is 69.4 Å². The molecule has 0 saturated heterocycles. The van der Waals surface area contributed by atoms with Crippen molar-refractivity contribution in [1.29, 1.82) is 0 Å². The summed E-state index contributed by atoms with van der Waals surface area (Å²) in [6.07, 6.45) is 21.9. The third-order valence-corrected chi connectivity index (χ3v) is 2.86. The zero-order chi connectivity index (χ0) is 10.8. The monoisotopic (exact) mass is 204 g/mol. The molecule has 0 aromatic rings. The smallest absolute Gasteiger partial charge is 0.00944 e. The lowest BCUT2D eigenvalue weighted by molar-refractivity contribution is 0.611. The Balaban J connectivity index is 1.88. The Morgan fingerprint density at radius 3 is 2.67 bits per heavy atom. The second-order valence-corrected chi connectivity index (χ2v) is 4.33. The fourth-order valence-electron chi connectivity index (χ4n) is 1.86. The van der Waals surface area contributed by atoms with E-state index in [0.717, 1.165) is 6.42 Å². The lowest BCUT2D eigenvalue weighted by Gasteiger charge is -1.97. The number of hydrogen-bond acceptors (Lipinski definition) is 0. The molecule has 0 N–H and O–H groups in total. The molecule has 0 aromatic carbocycles. The van der Waals surface area contributed by atoms with Gasteiger partial charge in [0, 0.05) is 0 Å². The van der Waals surface area contributed by atoms with Crippen molar-refractivity contribution in [2.75, 3.05) is 0 Å². The van der Waals surface area contributed by atoms with Crippen LogP contribution in [0.1, 0.15) is 58.3 Å². The Morgan fingerprint density at radius 1 is 1.13 bits per heavy atom. The van der Waals surface area contributed by atoms with E-state index in [1.54, 1.807) is 0 Å². The van der Waals surface area contributed by atoms with Gasteiger partial charge in [-0.25, -0.2) is 0 Å². The minimum Gasteiger partial charge on any atom is -0.0843 e. The zero-order valence-electron chi connectivity index (χ0n) is 10.0. The average Bonchev–Trinajstić information content (AvgIpc) is 2.75. The van der Waals surface area contributed by atoms with E-state index in [1.165, 1.54) is 50.5 Å². The van der Waals surface area contributed by atoms with Gasteiger partial charge in [0.15, 0.2) is 0 Å². The Labute approximate surface area is 94.8 Å². The highest BCUT2D eigenvalue weighted by Crippen LogP contribution is 2.13. The summed E-state index contributed by atoms with van der Waals surface area (Å²) in [5.41, 5.74) is 1.46. The Kier molecular flexibility index (Phi) is 6.98. The van der Waals surface area contributed by atoms with Crippen LogP contribution in [-0.4, -0.2) is 0 Å². The van der Waals surface area contributed by atoms with Crippen molar-refractivity contribution < 1.29 is 0 Å². The molecule has 0 saturated carbocycles. The van der Waals surface area contributed by atoms with E-state index in [4.69, 9.17) is 0 Å². The van der Waals surface area contributed by atoms with Crippen LogP contribution in [0.15, 0.2) is 36.0 Å². The number of hydrogen-bond donors (Lipinski definition) is 0. The highest BCUT2D eigenvalue weighted by molar-refractivity contribution is 5.31.